The lowest BCUT2D eigenvalue weighted by molar-refractivity contribution is -0.116. The molecule has 4 rings (SSSR count). The highest BCUT2D eigenvalue weighted by atomic mass is 32.1. The van der Waals surface area contributed by atoms with Crippen LogP contribution >= 0.6 is 11.3 Å². The molecule has 0 unspecified atom stereocenters. The van der Waals surface area contributed by atoms with Gasteiger partial charge in [-0.05, 0) is 57.2 Å². The second-order valence-corrected chi connectivity index (χ2v) is 8.69. The Bertz CT molecular complexity index is 1180. The molecular weight excluding hydrogens is 402 g/mol. The zero-order valence-electron chi connectivity index (χ0n) is 16.9. The molecule has 1 aliphatic carbocycles. The third kappa shape index (κ3) is 4.00. The normalized spacial score (nSPS) is 13.3. The smallest absolute Gasteiger partial charge is 0.341 e. The second-order valence-electron chi connectivity index (χ2n) is 7.59. The SMILES string of the molecule is CC(C)OC(=O)c1c(NC(=O)Cn2c(=O)cnc3ccccc32)sc2c1CCCC2. The number of fused-ring (bicyclic) bond motifs is 2. The van der Waals surface area contributed by atoms with E-state index in [0.29, 0.717) is 21.6 Å². The van der Waals surface area contributed by atoms with E-state index >= 15 is 0 Å². The number of hydrogen-bond acceptors (Lipinski definition) is 6. The van der Waals surface area contributed by atoms with Gasteiger partial charge in [0, 0.05) is 4.88 Å². The van der Waals surface area contributed by atoms with Gasteiger partial charge in [0.05, 0.1) is 28.9 Å². The van der Waals surface area contributed by atoms with Crippen LogP contribution in [0, 0.1) is 0 Å². The van der Waals surface area contributed by atoms with Crippen molar-refractivity contribution in [2.24, 2.45) is 0 Å². The zero-order chi connectivity index (χ0) is 21.3. The van der Waals surface area contributed by atoms with Gasteiger partial charge >= 0.3 is 5.97 Å². The number of nitrogens with zero attached hydrogens (tertiary/aromatic N) is 2. The molecule has 156 valence electrons. The van der Waals surface area contributed by atoms with Crippen molar-refractivity contribution in [3.63, 3.8) is 0 Å². The number of aryl methyl sites for hydroxylation is 1. The van der Waals surface area contributed by atoms with Crippen LogP contribution < -0.4 is 10.9 Å². The third-order valence-corrected chi connectivity index (χ3v) is 6.23. The summed E-state index contributed by atoms with van der Waals surface area (Å²) in [5.41, 5.74) is 2.32. The first-order chi connectivity index (χ1) is 14.4. The number of benzene rings is 1. The molecule has 0 saturated heterocycles. The highest BCUT2D eigenvalue weighted by Crippen LogP contribution is 2.38. The number of ether oxygens (including phenoxy) is 1. The maximum absolute atomic E-state index is 12.9. The first-order valence-corrected chi connectivity index (χ1v) is 10.9. The monoisotopic (exact) mass is 425 g/mol. The molecule has 0 bridgehead atoms. The summed E-state index contributed by atoms with van der Waals surface area (Å²) in [6, 6.07) is 7.17. The largest absolute Gasteiger partial charge is 0.459 e. The Hall–Kier alpha value is -3.00. The Morgan fingerprint density at radius 3 is 2.80 bits per heavy atom. The van der Waals surface area contributed by atoms with E-state index < -0.39 is 5.97 Å². The second kappa shape index (κ2) is 8.39. The fourth-order valence-corrected chi connectivity index (χ4v) is 5.02. The molecule has 1 aliphatic rings. The molecule has 0 radical (unpaired) electrons. The standard InChI is InChI=1S/C22H23N3O4S/c1-13(2)29-22(28)20-14-7-3-6-10-17(14)30-21(20)24-18(26)12-25-16-9-5-4-8-15(16)23-11-19(25)27/h4-5,8-9,11,13H,3,6-7,10,12H2,1-2H3,(H,24,26). The lowest BCUT2D eigenvalue weighted by Crippen LogP contribution is -2.28. The van der Waals surface area contributed by atoms with Crippen LogP contribution in [0.2, 0.25) is 0 Å². The molecule has 0 spiro atoms. The van der Waals surface area contributed by atoms with Crippen molar-refractivity contribution in [1.82, 2.24) is 9.55 Å². The Balaban J connectivity index is 1.64. The van der Waals surface area contributed by atoms with E-state index in [-0.39, 0.29) is 24.1 Å². The van der Waals surface area contributed by atoms with E-state index in [1.54, 1.807) is 32.0 Å². The number of thiophene rings is 1. The Morgan fingerprint density at radius 1 is 1.23 bits per heavy atom. The maximum atomic E-state index is 12.9. The van der Waals surface area contributed by atoms with Crippen LogP contribution in [0.15, 0.2) is 35.3 Å². The molecule has 2 heterocycles. The van der Waals surface area contributed by atoms with E-state index in [9.17, 15) is 14.4 Å². The van der Waals surface area contributed by atoms with Crippen molar-refractivity contribution < 1.29 is 14.3 Å². The minimum absolute atomic E-state index is 0.164. The Labute approximate surface area is 177 Å². The van der Waals surface area contributed by atoms with Crippen LogP contribution in [-0.2, 0) is 28.9 Å². The number of carbonyl (C=O) groups is 2. The van der Waals surface area contributed by atoms with Crippen LogP contribution in [-0.4, -0.2) is 27.5 Å². The van der Waals surface area contributed by atoms with Crippen LogP contribution in [0.1, 0.15) is 47.5 Å². The maximum Gasteiger partial charge on any atom is 0.341 e. The van der Waals surface area contributed by atoms with Crippen LogP contribution in [0.25, 0.3) is 11.0 Å². The molecule has 0 atom stereocenters. The average molecular weight is 426 g/mol. The van der Waals surface area contributed by atoms with Crippen molar-refractivity contribution in [3.8, 4) is 0 Å². The van der Waals surface area contributed by atoms with Gasteiger partial charge in [-0.15, -0.1) is 11.3 Å². The lowest BCUT2D eigenvalue weighted by atomic mass is 9.95. The number of para-hydroxylation sites is 2. The van der Waals surface area contributed by atoms with Crippen LogP contribution in [0.5, 0.6) is 0 Å². The summed E-state index contributed by atoms with van der Waals surface area (Å²) < 4.78 is 6.82. The predicted octanol–water partition coefficient (Wildman–Crippen LogP) is 3.54. The Morgan fingerprint density at radius 2 is 2.00 bits per heavy atom. The average Bonchev–Trinajstić information content (AvgIpc) is 3.07. The van der Waals surface area contributed by atoms with Crippen LogP contribution in [0.4, 0.5) is 5.00 Å². The van der Waals surface area contributed by atoms with Crippen LogP contribution in [0.3, 0.4) is 0 Å². The van der Waals surface area contributed by atoms with Crippen molar-refractivity contribution in [2.45, 2.75) is 52.2 Å². The molecule has 0 aliphatic heterocycles. The summed E-state index contributed by atoms with van der Waals surface area (Å²) in [6.07, 6.45) is 4.74. The fraction of sp³-hybridized carbons (Fsp3) is 0.364. The highest BCUT2D eigenvalue weighted by Gasteiger charge is 2.28. The van der Waals surface area contributed by atoms with E-state index in [4.69, 9.17) is 4.74 Å². The molecule has 3 aromatic rings. The van der Waals surface area contributed by atoms with Gasteiger partial charge in [0.2, 0.25) is 5.91 Å². The Kier molecular flexibility index (Phi) is 5.67. The number of hydrogen-bond donors (Lipinski definition) is 1. The summed E-state index contributed by atoms with van der Waals surface area (Å²) in [7, 11) is 0. The summed E-state index contributed by atoms with van der Waals surface area (Å²) >= 11 is 1.43. The number of nitrogens with one attached hydrogen (secondary N) is 1. The van der Waals surface area contributed by atoms with E-state index in [1.165, 1.54) is 22.1 Å². The number of carbonyl (C=O) groups excluding carboxylic acids is 2. The third-order valence-electron chi connectivity index (χ3n) is 5.03. The number of anilines is 1. The van der Waals surface area contributed by atoms with Gasteiger partial charge in [-0.3, -0.25) is 14.2 Å². The van der Waals surface area contributed by atoms with Crippen molar-refractivity contribution in [3.05, 3.63) is 56.8 Å². The van der Waals surface area contributed by atoms with Gasteiger partial charge in [0.1, 0.15) is 11.5 Å². The molecule has 7 nitrogen and oxygen atoms in total. The molecular formula is C22H23N3O4S. The summed E-state index contributed by atoms with van der Waals surface area (Å²) in [5, 5.41) is 3.36. The predicted molar refractivity (Wildman–Crippen MR) is 116 cm³/mol. The van der Waals surface area contributed by atoms with Gasteiger partial charge in [0.25, 0.3) is 5.56 Å². The molecule has 0 fully saturated rings. The minimum Gasteiger partial charge on any atom is -0.459 e. The molecule has 1 N–H and O–H groups in total. The van der Waals surface area contributed by atoms with Gasteiger partial charge < -0.3 is 10.1 Å². The van der Waals surface area contributed by atoms with Gasteiger partial charge in [-0.1, -0.05) is 12.1 Å². The summed E-state index contributed by atoms with van der Waals surface area (Å²) in [5.74, 6) is -0.781. The molecule has 8 heteroatoms. The molecule has 1 aromatic carbocycles. The van der Waals surface area contributed by atoms with Gasteiger partial charge in [-0.25, -0.2) is 9.78 Å². The first kappa shape index (κ1) is 20.3. The molecule has 0 saturated carbocycles. The number of amides is 1. The fourth-order valence-electron chi connectivity index (χ4n) is 3.73. The summed E-state index contributed by atoms with van der Waals surface area (Å²) in [4.78, 5) is 43.2. The van der Waals surface area contributed by atoms with Crippen molar-refractivity contribution in [2.75, 3.05) is 5.32 Å². The lowest BCUT2D eigenvalue weighted by Gasteiger charge is -2.14. The van der Waals surface area contributed by atoms with Gasteiger partial charge in [-0.2, -0.15) is 0 Å². The molecule has 1 amide bonds. The van der Waals surface area contributed by atoms with Crippen molar-refractivity contribution >= 4 is 39.2 Å². The minimum atomic E-state index is -0.411. The zero-order valence-corrected chi connectivity index (χ0v) is 17.8. The molecule has 2 aromatic heterocycles. The van der Waals surface area contributed by atoms with Gasteiger partial charge in [0.15, 0.2) is 0 Å². The summed E-state index contributed by atoms with van der Waals surface area (Å²) in [6.45, 7) is 3.44. The number of esters is 1. The number of aromatic nitrogens is 2. The van der Waals surface area contributed by atoms with Crippen molar-refractivity contribution in [1.29, 1.82) is 0 Å². The van der Waals surface area contributed by atoms with E-state index in [1.807, 2.05) is 6.07 Å². The molecule has 30 heavy (non-hydrogen) atoms. The first-order valence-electron chi connectivity index (χ1n) is 10.0. The topological polar surface area (TPSA) is 90.3 Å². The van der Waals surface area contributed by atoms with E-state index in [0.717, 1.165) is 36.1 Å². The number of rotatable bonds is 5. The van der Waals surface area contributed by atoms with E-state index in [2.05, 4.69) is 10.3 Å². The highest BCUT2D eigenvalue weighted by molar-refractivity contribution is 7.17. The quantitative estimate of drug-likeness (QED) is 0.632.